The molecule has 0 bridgehead atoms. The number of urea groups is 1. The third-order valence-corrected chi connectivity index (χ3v) is 4.65. The summed E-state index contributed by atoms with van der Waals surface area (Å²) in [5.74, 6) is -0.0107. The summed E-state index contributed by atoms with van der Waals surface area (Å²) in [6.45, 7) is 0.252. The van der Waals surface area contributed by atoms with Crippen LogP contribution in [-0.4, -0.2) is 47.4 Å². The average Bonchev–Trinajstić information content (AvgIpc) is 3.22. The number of imide groups is 1. The number of anilines is 1. The Bertz CT molecular complexity index is 792. The summed E-state index contributed by atoms with van der Waals surface area (Å²) < 4.78 is 5.10. The zero-order chi connectivity index (χ0) is 18.5. The molecule has 0 unspecified atom stereocenters. The van der Waals surface area contributed by atoms with Crippen LogP contribution in [0.15, 0.2) is 35.8 Å². The minimum atomic E-state index is -0.849. The molecule has 0 aliphatic carbocycles. The molecule has 1 aliphatic heterocycles. The number of carbonyl (C=O) groups is 3. The van der Waals surface area contributed by atoms with Gasteiger partial charge in [-0.2, -0.15) is 0 Å². The van der Waals surface area contributed by atoms with E-state index in [1.807, 2.05) is 24.3 Å². The first-order valence-electron chi connectivity index (χ1n) is 8.01. The fraction of sp³-hybridized carbons (Fsp3) is 0.294. The van der Waals surface area contributed by atoms with Crippen LogP contribution in [0.5, 0.6) is 5.75 Å². The van der Waals surface area contributed by atoms with Gasteiger partial charge < -0.3 is 15.4 Å². The Morgan fingerprint density at radius 2 is 2.12 bits per heavy atom. The molecule has 9 heteroatoms. The topological polar surface area (TPSA) is 101 Å². The number of aromatic nitrogens is 1. The van der Waals surface area contributed by atoms with E-state index in [1.54, 1.807) is 18.7 Å². The monoisotopic (exact) mass is 374 g/mol. The predicted octanol–water partition coefficient (Wildman–Crippen LogP) is 1.64. The molecule has 4 amide bonds. The summed E-state index contributed by atoms with van der Waals surface area (Å²) in [6.07, 6.45) is 1.98. The molecule has 1 saturated heterocycles. The largest absolute Gasteiger partial charge is 0.497 e. The van der Waals surface area contributed by atoms with E-state index in [2.05, 4.69) is 15.6 Å². The van der Waals surface area contributed by atoms with Gasteiger partial charge in [-0.3, -0.25) is 14.5 Å². The molecule has 0 radical (unpaired) electrons. The van der Waals surface area contributed by atoms with Crippen molar-refractivity contribution in [1.82, 2.24) is 15.2 Å². The molecule has 2 N–H and O–H groups in total. The number of ether oxygens (including phenoxy) is 1. The molecular weight excluding hydrogens is 356 g/mol. The third-order valence-electron chi connectivity index (χ3n) is 3.96. The number of carbonyl (C=O) groups excluding carboxylic acids is 3. The van der Waals surface area contributed by atoms with Crippen LogP contribution in [0.25, 0.3) is 0 Å². The summed E-state index contributed by atoms with van der Waals surface area (Å²) in [5, 5.41) is 7.36. The van der Waals surface area contributed by atoms with Crippen molar-refractivity contribution in [3.05, 3.63) is 41.4 Å². The van der Waals surface area contributed by atoms with Crippen molar-refractivity contribution < 1.29 is 19.1 Å². The lowest BCUT2D eigenvalue weighted by molar-refractivity contribution is -0.129. The molecule has 2 aromatic rings. The van der Waals surface area contributed by atoms with Crippen LogP contribution in [-0.2, 0) is 16.0 Å². The number of nitrogens with one attached hydrogen (secondary N) is 2. The molecule has 26 heavy (non-hydrogen) atoms. The van der Waals surface area contributed by atoms with Crippen molar-refractivity contribution in [2.75, 3.05) is 19.0 Å². The smallest absolute Gasteiger partial charge is 0.324 e. The number of hydrogen-bond donors (Lipinski definition) is 2. The van der Waals surface area contributed by atoms with E-state index in [-0.39, 0.29) is 18.9 Å². The van der Waals surface area contributed by atoms with Crippen molar-refractivity contribution in [2.45, 2.75) is 18.9 Å². The van der Waals surface area contributed by atoms with Gasteiger partial charge in [0.05, 0.1) is 13.5 Å². The van der Waals surface area contributed by atoms with Crippen LogP contribution < -0.4 is 15.4 Å². The number of amides is 4. The van der Waals surface area contributed by atoms with Crippen molar-refractivity contribution >= 4 is 34.3 Å². The molecule has 0 spiro atoms. The molecule has 8 nitrogen and oxygen atoms in total. The minimum absolute atomic E-state index is 0.122. The van der Waals surface area contributed by atoms with E-state index in [0.29, 0.717) is 11.6 Å². The van der Waals surface area contributed by atoms with Crippen LogP contribution in [0, 0.1) is 0 Å². The quantitative estimate of drug-likeness (QED) is 0.718. The lowest BCUT2D eigenvalue weighted by atomic mass is 10.1. The molecule has 1 atom stereocenters. The highest BCUT2D eigenvalue weighted by molar-refractivity contribution is 7.13. The molecule has 136 valence electrons. The fourth-order valence-electron chi connectivity index (χ4n) is 2.60. The van der Waals surface area contributed by atoms with Crippen LogP contribution in [0.2, 0.25) is 0 Å². The maximum absolute atomic E-state index is 12.4. The van der Waals surface area contributed by atoms with Gasteiger partial charge in [0.2, 0.25) is 5.91 Å². The maximum Gasteiger partial charge on any atom is 0.324 e. The Morgan fingerprint density at radius 3 is 2.77 bits per heavy atom. The van der Waals surface area contributed by atoms with E-state index in [0.717, 1.165) is 16.2 Å². The van der Waals surface area contributed by atoms with Gasteiger partial charge in [-0.25, -0.2) is 9.78 Å². The first-order valence-corrected chi connectivity index (χ1v) is 8.89. The van der Waals surface area contributed by atoms with Crippen LogP contribution in [0.4, 0.5) is 9.93 Å². The van der Waals surface area contributed by atoms with E-state index in [9.17, 15) is 14.4 Å². The maximum atomic E-state index is 12.4. The van der Waals surface area contributed by atoms with Crippen LogP contribution in [0.3, 0.4) is 0 Å². The second-order valence-electron chi connectivity index (χ2n) is 5.68. The lowest BCUT2D eigenvalue weighted by Gasteiger charge is -2.13. The second-order valence-corrected chi connectivity index (χ2v) is 6.57. The number of nitrogens with zero attached hydrogens (tertiary/aromatic N) is 2. The Labute approximate surface area is 154 Å². The number of methoxy groups -OCH3 is 1. The Hall–Kier alpha value is -2.94. The molecule has 1 fully saturated rings. The highest BCUT2D eigenvalue weighted by Crippen LogP contribution is 2.16. The first kappa shape index (κ1) is 17.9. The van der Waals surface area contributed by atoms with E-state index in [1.165, 1.54) is 11.3 Å². The predicted molar refractivity (Wildman–Crippen MR) is 96.1 cm³/mol. The van der Waals surface area contributed by atoms with Gasteiger partial charge in [0.1, 0.15) is 11.8 Å². The van der Waals surface area contributed by atoms with Gasteiger partial charge in [0, 0.05) is 18.1 Å². The standard InChI is InChI=1S/C17H18N4O4S/c1-25-12-4-2-11(3-5-12)6-8-21-15(23)13(19-17(21)24)10-14(22)20-16-18-7-9-26-16/h2-5,7,9,13H,6,8,10H2,1H3,(H,19,24)(H,18,20,22)/t13-/m1/s1. The molecule has 1 aromatic heterocycles. The number of hydrogen-bond acceptors (Lipinski definition) is 6. The summed E-state index contributed by atoms with van der Waals surface area (Å²) in [4.78, 5) is 41.5. The second kappa shape index (κ2) is 7.96. The molecule has 0 saturated carbocycles. The fourth-order valence-corrected chi connectivity index (χ4v) is 3.15. The number of rotatable bonds is 7. The van der Waals surface area contributed by atoms with Gasteiger partial charge in [-0.1, -0.05) is 12.1 Å². The molecule has 2 heterocycles. The first-order chi connectivity index (χ1) is 12.6. The summed E-state index contributed by atoms with van der Waals surface area (Å²) in [6, 6.07) is 6.10. The lowest BCUT2D eigenvalue weighted by Crippen LogP contribution is -2.34. The zero-order valence-electron chi connectivity index (χ0n) is 14.1. The van der Waals surface area contributed by atoms with Crippen molar-refractivity contribution in [3.63, 3.8) is 0 Å². The Morgan fingerprint density at radius 1 is 1.35 bits per heavy atom. The molecule has 3 rings (SSSR count). The van der Waals surface area contributed by atoms with Crippen molar-refractivity contribution in [2.24, 2.45) is 0 Å². The van der Waals surface area contributed by atoms with Crippen molar-refractivity contribution in [1.29, 1.82) is 0 Å². The molecule has 1 aromatic carbocycles. The number of benzene rings is 1. The van der Waals surface area contributed by atoms with E-state index >= 15 is 0 Å². The third kappa shape index (κ3) is 4.17. The van der Waals surface area contributed by atoms with Gasteiger partial charge in [0.25, 0.3) is 5.91 Å². The Balaban J connectivity index is 1.53. The SMILES string of the molecule is COc1ccc(CCN2C(=O)N[C@H](CC(=O)Nc3nccs3)C2=O)cc1. The highest BCUT2D eigenvalue weighted by Gasteiger charge is 2.38. The average molecular weight is 374 g/mol. The summed E-state index contributed by atoms with van der Waals surface area (Å²) in [5.41, 5.74) is 0.983. The Kier molecular flexibility index (Phi) is 5.47. The van der Waals surface area contributed by atoms with E-state index in [4.69, 9.17) is 4.74 Å². The van der Waals surface area contributed by atoms with Crippen molar-refractivity contribution in [3.8, 4) is 5.75 Å². The number of thiazole rings is 1. The van der Waals surface area contributed by atoms with Gasteiger partial charge in [-0.15, -0.1) is 11.3 Å². The normalized spacial score (nSPS) is 16.5. The van der Waals surface area contributed by atoms with Crippen LogP contribution >= 0.6 is 11.3 Å². The summed E-state index contributed by atoms with van der Waals surface area (Å²) >= 11 is 1.28. The zero-order valence-corrected chi connectivity index (χ0v) is 14.9. The highest BCUT2D eigenvalue weighted by atomic mass is 32.1. The molecular formula is C17H18N4O4S. The van der Waals surface area contributed by atoms with Gasteiger partial charge >= 0.3 is 6.03 Å². The minimum Gasteiger partial charge on any atom is -0.497 e. The summed E-state index contributed by atoms with van der Waals surface area (Å²) in [7, 11) is 1.59. The van der Waals surface area contributed by atoms with Crippen LogP contribution in [0.1, 0.15) is 12.0 Å². The van der Waals surface area contributed by atoms with E-state index < -0.39 is 18.0 Å². The molecule has 1 aliphatic rings. The van der Waals surface area contributed by atoms with Gasteiger partial charge in [0.15, 0.2) is 5.13 Å². The van der Waals surface area contributed by atoms with Gasteiger partial charge in [-0.05, 0) is 24.1 Å².